The van der Waals surface area contributed by atoms with E-state index in [1.165, 1.54) is 24.0 Å². The van der Waals surface area contributed by atoms with Crippen LogP contribution >= 0.6 is 0 Å². The average molecular weight is 107 g/mol. The van der Waals surface area contributed by atoms with E-state index >= 15 is 0 Å². The van der Waals surface area contributed by atoms with Crippen LogP contribution in [-0.2, 0) is 0 Å². The minimum absolute atomic E-state index is 1.08. The number of allylic oxidation sites excluding steroid dienone is 1. The van der Waals surface area contributed by atoms with Gasteiger partial charge in [0.05, 0.1) is 0 Å². The van der Waals surface area contributed by atoms with Crippen LogP contribution in [0.1, 0.15) is 12.8 Å². The van der Waals surface area contributed by atoms with Crippen LogP contribution in [0.15, 0.2) is 23.4 Å². The smallest absolute Gasteiger partial charge is 0.0395 e. The lowest BCUT2D eigenvalue weighted by Crippen LogP contribution is -1.99. The zero-order valence-electron chi connectivity index (χ0n) is 4.78. The third-order valence-electron chi connectivity index (χ3n) is 1.79. The molecule has 0 saturated carbocycles. The van der Waals surface area contributed by atoms with Gasteiger partial charge in [0.15, 0.2) is 0 Å². The third kappa shape index (κ3) is 0.414. The van der Waals surface area contributed by atoms with Gasteiger partial charge in [-0.25, -0.2) is 0 Å². The molecule has 2 rings (SSSR count). The molecule has 0 unspecified atom stereocenters. The maximum absolute atomic E-state index is 3.19. The largest absolute Gasteiger partial charge is 0.387 e. The van der Waals surface area contributed by atoms with Gasteiger partial charge in [-0.2, -0.15) is 0 Å². The molecule has 0 spiro atoms. The highest BCUT2D eigenvalue weighted by molar-refractivity contribution is 5.40. The number of hydrogen-bond acceptors (Lipinski definition) is 1. The first-order chi connectivity index (χ1) is 3.97. The van der Waals surface area contributed by atoms with E-state index in [4.69, 9.17) is 0 Å². The predicted molar refractivity (Wildman–Crippen MR) is 33.4 cm³/mol. The van der Waals surface area contributed by atoms with Gasteiger partial charge in [0.2, 0.25) is 0 Å². The Balaban J connectivity index is 2.37. The van der Waals surface area contributed by atoms with Crippen molar-refractivity contribution >= 4 is 0 Å². The van der Waals surface area contributed by atoms with E-state index in [9.17, 15) is 0 Å². The van der Waals surface area contributed by atoms with Crippen molar-refractivity contribution in [3.63, 3.8) is 0 Å². The summed E-state index contributed by atoms with van der Waals surface area (Å²) in [6, 6.07) is 0. The van der Waals surface area contributed by atoms with Crippen LogP contribution in [0.2, 0.25) is 0 Å². The Kier molecular flexibility index (Phi) is 0.720. The second-order valence-corrected chi connectivity index (χ2v) is 2.32. The molecule has 0 aromatic heterocycles. The van der Waals surface area contributed by atoms with Gasteiger partial charge in [0.1, 0.15) is 0 Å². The standard InChI is InChI=1S/C7H9N/c1-2-6-4-8-5-7(6)3-1/h2,5,8H,1,3-4H2. The Bertz CT molecular complexity index is 145. The van der Waals surface area contributed by atoms with Crippen LogP contribution < -0.4 is 5.32 Å². The summed E-state index contributed by atoms with van der Waals surface area (Å²) in [5.41, 5.74) is 3.06. The number of fused-ring (bicyclic) bond motifs is 1. The quantitative estimate of drug-likeness (QED) is 0.490. The third-order valence-corrected chi connectivity index (χ3v) is 1.79. The SMILES string of the molecule is C1=C2CCC=C2CN1. The molecular weight excluding hydrogens is 98.1 g/mol. The highest BCUT2D eigenvalue weighted by Crippen LogP contribution is 2.26. The van der Waals surface area contributed by atoms with Gasteiger partial charge in [0.25, 0.3) is 0 Å². The first kappa shape index (κ1) is 4.19. The van der Waals surface area contributed by atoms with Gasteiger partial charge >= 0.3 is 0 Å². The fourth-order valence-electron chi connectivity index (χ4n) is 1.33. The van der Waals surface area contributed by atoms with Crippen LogP contribution in [0.5, 0.6) is 0 Å². The summed E-state index contributed by atoms with van der Waals surface area (Å²) in [7, 11) is 0. The summed E-state index contributed by atoms with van der Waals surface area (Å²) in [4.78, 5) is 0. The van der Waals surface area contributed by atoms with Crippen molar-refractivity contribution in [2.24, 2.45) is 0 Å². The number of nitrogens with one attached hydrogen (secondary N) is 1. The van der Waals surface area contributed by atoms with Crippen LogP contribution in [0.25, 0.3) is 0 Å². The Morgan fingerprint density at radius 1 is 1.38 bits per heavy atom. The molecule has 0 saturated heterocycles. The summed E-state index contributed by atoms with van der Waals surface area (Å²) in [6.45, 7) is 1.08. The molecule has 1 heteroatoms. The van der Waals surface area contributed by atoms with Gasteiger partial charge in [-0.3, -0.25) is 0 Å². The minimum atomic E-state index is 1.08. The highest BCUT2D eigenvalue weighted by atomic mass is 14.9. The monoisotopic (exact) mass is 107 g/mol. The molecule has 2 aliphatic rings. The second kappa shape index (κ2) is 1.38. The first-order valence-corrected chi connectivity index (χ1v) is 3.08. The van der Waals surface area contributed by atoms with Crippen LogP contribution in [0, 0.1) is 0 Å². The van der Waals surface area contributed by atoms with E-state index in [0.29, 0.717) is 0 Å². The summed E-state index contributed by atoms with van der Waals surface area (Å²) in [6.07, 6.45) is 7.00. The van der Waals surface area contributed by atoms with Crippen LogP contribution in [0.3, 0.4) is 0 Å². The lowest BCUT2D eigenvalue weighted by atomic mass is 10.2. The fourth-order valence-corrected chi connectivity index (χ4v) is 1.33. The van der Waals surface area contributed by atoms with Crippen LogP contribution in [-0.4, -0.2) is 6.54 Å². The van der Waals surface area contributed by atoms with E-state index in [1.807, 2.05) is 0 Å². The summed E-state index contributed by atoms with van der Waals surface area (Å²) in [5, 5.41) is 3.19. The van der Waals surface area contributed by atoms with Crippen molar-refractivity contribution in [1.29, 1.82) is 0 Å². The van der Waals surface area contributed by atoms with Gasteiger partial charge in [0, 0.05) is 12.7 Å². The lowest BCUT2D eigenvalue weighted by Gasteiger charge is -1.87. The van der Waals surface area contributed by atoms with E-state index in [1.54, 1.807) is 0 Å². The van der Waals surface area contributed by atoms with Crippen molar-refractivity contribution < 1.29 is 0 Å². The summed E-state index contributed by atoms with van der Waals surface area (Å²) >= 11 is 0. The first-order valence-electron chi connectivity index (χ1n) is 3.08. The van der Waals surface area contributed by atoms with Gasteiger partial charge in [-0.05, 0) is 24.0 Å². The number of rotatable bonds is 0. The molecule has 1 N–H and O–H groups in total. The Labute approximate surface area is 49.1 Å². The molecule has 0 aromatic rings. The van der Waals surface area contributed by atoms with Crippen molar-refractivity contribution in [3.05, 3.63) is 23.4 Å². The molecule has 0 atom stereocenters. The molecule has 1 aliphatic carbocycles. The molecule has 42 valence electrons. The molecule has 0 bridgehead atoms. The van der Waals surface area contributed by atoms with Crippen molar-refractivity contribution in [3.8, 4) is 0 Å². The molecule has 1 aliphatic heterocycles. The predicted octanol–water partition coefficient (Wildman–Crippen LogP) is 1.19. The molecule has 0 fully saturated rings. The van der Waals surface area contributed by atoms with E-state index < -0.39 is 0 Å². The second-order valence-electron chi connectivity index (χ2n) is 2.32. The molecule has 1 heterocycles. The summed E-state index contributed by atoms with van der Waals surface area (Å²) < 4.78 is 0. The summed E-state index contributed by atoms with van der Waals surface area (Å²) in [5.74, 6) is 0. The average Bonchev–Trinajstić information content (AvgIpc) is 2.15. The Hall–Kier alpha value is -0.720. The molecule has 0 amide bonds. The lowest BCUT2D eigenvalue weighted by molar-refractivity contribution is 0.994. The fraction of sp³-hybridized carbons (Fsp3) is 0.429. The van der Waals surface area contributed by atoms with Gasteiger partial charge < -0.3 is 5.32 Å². The maximum Gasteiger partial charge on any atom is 0.0395 e. The zero-order chi connectivity index (χ0) is 5.40. The molecule has 0 aromatic carbocycles. The van der Waals surface area contributed by atoms with Crippen molar-refractivity contribution in [2.75, 3.05) is 6.54 Å². The molecule has 8 heavy (non-hydrogen) atoms. The van der Waals surface area contributed by atoms with Gasteiger partial charge in [-0.15, -0.1) is 0 Å². The van der Waals surface area contributed by atoms with E-state index in [-0.39, 0.29) is 0 Å². The maximum atomic E-state index is 3.19. The normalized spacial score (nSPS) is 24.0. The molecule has 0 radical (unpaired) electrons. The van der Waals surface area contributed by atoms with E-state index in [0.717, 1.165) is 6.54 Å². The minimum Gasteiger partial charge on any atom is -0.387 e. The molecular formula is C7H9N. The van der Waals surface area contributed by atoms with Crippen LogP contribution in [0.4, 0.5) is 0 Å². The van der Waals surface area contributed by atoms with Crippen molar-refractivity contribution in [1.82, 2.24) is 5.32 Å². The Morgan fingerprint density at radius 2 is 2.38 bits per heavy atom. The topological polar surface area (TPSA) is 12.0 Å². The van der Waals surface area contributed by atoms with Gasteiger partial charge in [-0.1, -0.05) is 6.08 Å². The number of hydrogen-bond donors (Lipinski definition) is 1. The van der Waals surface area contributed by atoms with Crippen molar-refractivity contribution in [2.45, 2.75) is 12.8 Å². The Morgan fingerprint density at radius 3 is 3.25 bits per heavy atom. The highest BCUT2D eigenvalue weighted by Gasteiger charge is 2.13. The molecule has 1 nitrogen and oxygen atoms in total. The zero-order valence-corrected chi connectivity index (χ0v) is 4.78. The van der Waals surface area contributed by atoms with E-state index in [2.05, 4.69) is 17.6 Å².